The molecule has 0 aromatic carbocycles. The fourth-order valence-corrected chi connectivity index (χ4v) is 1.48. The normalized spacial score (nSPS) is 10.0. The fraction of sp³-hybridized carbons (Fsp3) is 0.586. The summed E-state index contributed by atoms with van der Waals surface area (Å²) in [6, 6.07) is 0. The molecule has 0 spiro atoms. The zero-order valence-corrected chi connectivity index (χ0v) is 21.8. The largest absolute Gasteiger partial charge is 0.0990 e. The highest BCUT2D eigenvalue weighted by atomic mass is 14.0. The van der Waals surface area contributed by atoms with Crippen molar-refractivity contribution in [2.75, 3.05) is 0 Å². The van der Waals surface area contributed by atoms with E-state index in [1.165, 1.54) is 42.4 Å². The van der Waals surface area contributed by atoms with E-state index in [2.05, 4.69) is 66.5 Å². The predicted molar refractivity (Wildman–Crippen MR) is 146 cm³/mol. The first-order chi connectivity index (χ1) is 13.2. The summed E-state index contributed by atoms with van der Waals surface area (Å²) in [6.07, 6.45) is 13.0. The summed E-state index contributed by atoms with van der Waals surface area (Å²) in [4.78, 5) is 0. The minimum Gasteiger partial charge on any atom is -0.0990 e. The van der Waals surface area contributed by atoms with Gasteiger partial charge in [-0.1, -0.05) is 135 Å². The van der Waals surface area contributed by atoms with Gasteiger partial charge >= 0.3 is 0 Å². The van der Waals surface area contributed by atoms with Gasteiger partial charge in [-0.3, -0.25) is 0 Å². The summed E-state index contributed by atoms with van der Waals surface area (Å²) < 4.78 is 0. The van der Waals surface area contributed by atoms with Gasteiger partial charge < -0.3 is 0 Å². The van der Waals surface area contributed by atoms with Crippen LogP contribution in [0.1, 0.15) is 116 Å². The molecule has 174 valence electrons. The van der Waals surface area contributed by atoms with E-state index >= 15 is 0 Å². The van der Waals surface area contributed by atoms with Crippen LogP contribution in [0.5, 0.6) is 0 Å². The molecule has 0 fully saturated rings. The van der Waals surface area contributed by atoms with E-state index in [1.807, 2.05) is 60.6 Å². The van der Waals surface area contributed by atoms with Crippen molar-refractivity contribution in [3.8, 4) is 0 Å². The average Bonchev–Trinajstić information content (AvgIpc) is 2.69. The third-order valence-corrected chi connectivity index (χ3v) is 3.22. The molecule has 0 saturated carbocycles. The van der Waals surface area contributed by atoms with Crippen LogP contribution < -0.4 is 0 Å². The molecule has 0 aliphatic carbocycles. The summed E-state index contributed by atoms with van der Waals surface area (Å²) in [5.41, 5.74) is 6.14. The molecule has 0 aromatic heterocycles. The molecule has 0 radical (unpaired) electrons. The SMILES string of the molecule is C.C=C(C)/C(C)=C/C.C=C/C=C(\C=C(/C)CCCC)C(=C)C.CC.CC.CCC. The van der Waals surface area contributed by atoms with E-state index in [1.54, 1.807) is 0 Å². The van der Waals surface area contributed by atoms with Crippen molar-refractivity contribution in [2.45, 2.75) is 116 Å². The molecule has 0 amide bonds. The van der Waals surface area contributed by atoms with Gasteiger partial charge in [-0.2, -0.15) is 0 Å². The summed E-state index contributed by atoms with van der Waals surface area (Å²) in [5.74, 6) is 0. The molecule has 0 rings (SSSR count). The maximum absolute atomic E-state index is 3.95. The van der Waals surface area contributed by atoms with Crippen molar-refractivity contribution in [1.82, 2.24) is 0 Å². The van der Waals surface area contributed by atoms with E-state index in [0.29, 0.717) is 0 Å². The highest BCUT2D eigenvalue weighted by Gasteiger charge is 1.94. The Morgan fingerprint density at radius 3 is 1.45 bits per heavy atom. The first-order valence-electron chi connectivity index (χ1n) is 11.2. The van der Waals surface area contributed by atoms with Crippen LogP contribution in [-0.2, 0) is 0 Å². The standard InChI is InChI=1S/C14H22.C7H12.C3H8.2C2H6.CH4/c1-6-8-10-13(5)11-14(9-7-2)12(3)4;1-5-7(4)6(2)3;1-3-2;2*1-2;/h7,9,11H,2-3,6,8,10H2,1,4-5H3;5H,2H2,1,3-4H3;3H2,1-2H3;2*1-2H3;1H4/b13-11+,14-9+;7-5+;;;;. The van der Waals surface area contributed by atoms with Crippen LogP contribution in [0.25, 0.3) is 0 Å². The third-order valence-electron chi connectivity index (χ3n) is 3.22. The Hall–Kier alpha value is -1.56. The molecule has 0 heterocycles. The molecule has 0 aliphatic rings. The first-order valence-corrected chi connectivity index (χ1v) is 11.2. The van der Waals surface area contributed by atoms with Crippen molar-refractivity contribution >= 4 is 0 Å². The molecule has 0 heteroatoms. The van der Waals surface area contributed by atoms with Gasteiger partial charge in [-0.05, 0) is 53.0 Å². The summed E-state index contributed by atoms with van der Waals surface area (Å²) in [5, 5.41) is 0. The van der Waals surface area contributed by atoms with Crippen LogP contribution in [-0.4, -0.2) is 0 Å². The Labute approximate surface area is 188 Å². The van der Waals surface area contributed by atoms with Gasteiger partial charge in [0.1, 0.15) is 0 Å². The molecule has 0 atom stereocenters. The van der Waals surface area contributed by atoms with Crippen LogP contribution in [0.4, 0.5) is 0 Å². The van der Waals surface area contributed by atoms with Crippen molar-refractivity contribution in [1.29, 1.82) is 0 Å². The van der Waals surface area contributed by atoms with Crippen molar-refractivity contribution in [2.24, 2.45) is 0 Å². The van der Waals surface area contributed by atoms with Gasteiger partial charge in [-0.25, -0.2) is 0 Å². The molecule has 0 saturated heterocycles. The van der Waals surface area contributed by atoms with Crippen molar-refractivity contribution in [3.63, 3.8) is 0 Å². The molecule has 29 heavy (non-hydrogen) atoms. The van der Waals surface area contributed by atoms with Crippen LogP contribution in [0.15, 0.2) is 71.9 Å². The lowest BCUT2D eigenvalue weighted by Crippen LogP contribution is -1.83. The van der Waals surface area contributed by atoms with Gasteiger partial charge in [0.25, 0.3) is 0 Å². The third kappa shape index (κ3) is 41.8. The molecule has 0 nitrogen and oxygen atoms in total. The number of allylic oxidation sites excluding steroid dienone is 9. The van der Waals surface area contributed by atoms with Gasteiger partial charge in [0.05, 0.1) is 0 Å². The molecule has 0 unspecified atom stereocenters. The van der Waals surface area contributed by atoms with Crippen LogP contribution >= 0.6 is 0 Å². The minimum atomic E-state index is 0. The Balaban J connectivity index is -0.0000000742. The summed E-state index contributed by atoms with van der Waals surface area (Å²) in [7, 11) is 0. The maximum Gasteiger partial charge on any atom is -0.0234 e. The van der Waals surface area contributed by atoms with Gasteiger partial charge in [0.15, 0.2) is 0 Å². The van der Waals surface area contributed by atoms with Gasteiger partial charge in [0, 0.05) is 0 Å². The Morgan fingerprint density at radius 1 is 0.828 bits per heavy atom. The molecular formula is C29H58. The zero-order chi connectivity index (χ0) is 23.5. The van der Waals surface area contributed by atoms with Gasteiger partial charge in [0.2, 0.25) is 0 Å². The first kappa shape index (κ1) is 41.7. The summed E-state index contributed by atoms with van der Waals surface area (Å²) >= 11 is 0. The fourth-order valence-electron chi connectivity index (χ4n) is 1.48. The lowest BCUT2D eigenvalue weighted by Gasteiger charge is -2.03. The number of rotatable bonds is 7. The Morgan fingerprint density at radius 2 is 1.24 bits per heavy atom. The Kier molecular flexibility index (Phi) is 53.6. The molecule has 0 aromatic rings. The second kappa shape index (κ2) is 37.2. The maximum atomic E-state index is 3.95. The van der Waals surface area contributed by atoms with Crippen molar-refractivity contribution < 1.29 is 0 Å². The lowest BCUT2D eigenvalue weighted by atomic mass is 10.0. The van der Waals surface area contributed by atoms with E-state index in [9.17, 15) is 0 Å². The summed E-state index contributed by atoms with van der Waals surface area (Å²) in [6.45, 7) is 36.2. The van der Waals surface area contributed by atoms with Gasteiger partial charge in [-0.15, -0.1) is 0 Å². The minimum absolute atomic E-state index is 0. The van der Waals surface area contributed by atoms with Crippen LogP contribution in [0, 0.1) is 0 Å². The zero-order valence-electron chi connectivity index (χ0n) is 21.8. The highest BCUT2D eigenvalue weighted by Crippen LogP contribution is 2.14. The molecular weight excluding hydrogens is 348 g/mol. The van der Waals surface area contributed by atoms with Crippen LogP contribution in [0.2, 0.25) is 0 Å². The highest BCUT2D eigenvalue weighted by molar-refractivity contribution is 5.40. The molecule has 0 aliphatic heterocycles. The number of hydrogen-bond acceptors (Lipinski definition) is 0. The van der Waals surface area contributed by atoms with E-state index in [-0.39, 0.29) is 7.43 Å². The van der Waals surface area contributed by atoms with Crippen LogP contribution in [0.3, 0.4) is 0 Å². The Bertz CT molecular complexity index is 439. The van der Waals surface area contributed by atoms with Crippen molar-refractivity contribution in [3.05, 3.63) is 71.9 Å². The second-order valence-electron chi connectivity index (χ2n) is 6.19. The lowest BCUT2D eigenvalue weighted by molar-refractivity contribution is 0.787. The smallest absolute Gasteiger partial charge is 0.0234 e. The predicted octanol–water partition coefficient (Wildman–Crippen LogP) is 11.4. The van der Waals surface area contributed by atoms with E-state index < -0.39 is 0 Å². The van der Waals surface area contributed by atoms with E-state index in [0.717, 1.165) is 11.1 Å². The quantitative estimate of drug-likeness (QED) is 0.369. The number of hydrogen-bond donors (Lipinski definition) is 0. The molecule has 0 N–H and O–H groups in total. The second-order valence-corrected chi connectivity index (χ2v) is 6.19. The van der Waals surface area contributed by atoms with E-state index in [4.69, 9.17) is 0 Å². The monoisotopic (exact) mass is 406 g/mol. The average molecular weight is 407 g/mol. The number of unbranched alkanes of at least 4 members (excludes halogenated alkanes) is 1. The topological polar surface area (TPSA) is 0 Å². The molecule has 0 bridgehead atoms.